The van der Waals surface area contributed by atoms with E-state index in [1.165, 1.54) is 18.2 Å². The van der Waals surface area contributed by atoms with Crippen LogP contribution in [-0.4, -0.2) is 25.1 Å². The second-order valence-electron chi connectivity index (χ2n) is 2.89. The van der Waals surface area contributed by atoms with E-state index in [1.807, 2.05) is 0 Å². The summed E-state index contributed by atoms with van der Waals surface area (Å²) in [6.45, 7) is 0. The van der Waals surface area contributed by atoms with Gasteiger partial charge in [-0.1, -0.05) is 0 Å². The molecule has 0 radical (unpaired) electrons. The lowest BCUT2D eigenvalue weighted by molar-refractivity contribution is -0.835. The van der Waals surface area contributed by atoms with Crippen molar-refractivity contribution in [1.82, 2.24) is 9.89 Å². The van der Waals surface area contributed by atoms with Gasteiger partial charge >= 0.3 is 0 Å². The fourth-order valence-corrected chi connectivity index (χ4v) is 1.77. The Morgan fingerprint density at radius 3 is 2.69 bits per heavy atom. The number of halogens is 1. The lowest BCUT2D eigenvalue weighted by atomic mass is 10.2. The summed E-state index contributed by atoms with van der Waals surface area (Å²) in [5.41, 5.74) is 0.137. The topological polar surface area (TPSA) is 101 Å². The van der Waals surface area contributed by atoms with Crippen LogP contribution in [0.2, 0.25) is 0 Å². The number of nitrogens with zero attached hydrogens (tertiary/aromatic N) is 4. The molecular weight excluding hydrogens is 284 g/mol. The molecule has 1 heterocycles. The Kier molecular flexibility index (Phi) is 2.31. The van der Waals surface area contributed by atoms with Crippen molar-refractivity contribution in [2.75, 3.05) is 0 Å². The first-order valence-electron chi connectivity index (χ1n) is 4.00. The van der Waals surface area contributed by atoms with Crippen molar-refractivity contribution in [1.29, 1.82) is 0 Å². The summed E-state index contributed by atoms with van der Waals surface area (Å²) < 4.78 is 0.237. The van der Waals surface area contributed by atoms with E-state index in [1.54, 1.807) is 0 Å². The minimum absolute atomic E-state index is 0.122. The van der Waals surface area contributed by atoms with Crippen LogP contribution in [0.15, 0.2) is 22.8 Å². The molecule has 0 unspecified atom stereocenters. The van der Waals surface area contributed by atoms with Gasteiger partial charge in [0.1, 0.15) is 5.52 Å². The third-order valence-electron chi connectivity index (χ3n) is 1.97. The molecule has 9 heteroatoms. The number of rotatable bonds is 2. The summed E-state index contributed by atoms with van der Waals surface area (Å²) in [4.78, 5) is 21.4. The van der Waals surface area contributed by atoms with Gasteiger partial charge in [0.15, 0.2) is 0 Å². The lowest BCUT2D eigenvalue weighted by Crippen LogP contribution is -2.12. The summed E-state index contributed by atoms with van der Waals surface area (Å²) >= 11 is 3.04. The molecule has 0 aliphatic rings. The van der Waals surface area contributed by atoms with Gasteiger partial charge in [0.25, 0.3) is 15.3 Å². The van der Waals surface area contributed by atoms with Crippen molar-refractivity contribution in [3.8, 4) is 0 Å². The van der Waals surface area contributed by atoms with Gasteiger partial charge in [-0.05, 0) is 6.07 Å². The maximum absolute atomic E-state index is 10.7. The number of benzene rings is 1. The maximum atomic E-state index is 10.7. The maximum Gasteiger partial charge on any atom is 0.270 e. The molecule has 0 saturated carbocycles. The largest absolute Gasteiger partial charge is 0.296 e. The zero-order chi connectivity index (χ0) is 11.9. The second kappa shape index (κ2) is 3.52. The number of non-ortho nitro benzene ring substituents is 1. The van der Waals surface area contributed by atoms with E-state index in [4.69, 9.17) is 5.21 Å². The highest BCUT2D eigenvalue weighted by Gasteiger charge is 2.22. The zero-order valence-corrected chi connectivity index (χ0v) is 9.16. The predicted molar refractivity (Wildman–Crippen MR) is 54.9 cm³/mol. The fraction of sp³-hybridized carbons (Fsp3) is 0. The molecule has 2 aromatic rings. The van der Waals surface area contributed by atoms with E-state index < -0.39 is 9.96 Å². The Hall–Kier alpha value is -2.03. The van der Waals surface area contributed by atoms with E-state index in [-0.39, 0.29) is 15.8 Å². The first kappa shape index (κ1) is 10.5. The number of hydrogen-bond donors (Lipinski definition) is 1. The van der Waals surface area contributed by atoms with Crippen molar-refractivity contribution in [2.45, 2.75) is 0 Å². The molecule has 0 aliphatic carbocycles. The van der Waals surface area contributed by atoms with Crippen molar-refractivity contribution < 1.29 is 15.2 Å². The van der Waals surface area contributed by atoms with E-state index >= 15 is 0 Å². The van der Waals surface area contributed by atoms with Gasteiger partial charge in [-0.25, -0.2) is 0 Å². The SMILES string of the molecule is O=[N+]([O-])c1ccc2c(c1)c(Br)nn2[N+](=O)O. The van der Waals surface area contributed by atoms with Gasteiger partial charge in [0, 0.05) is 33.0 Å². The molecule has 1 N–H and O–H groups in total. The van der Waals surface area contributed by atoms with Crippen LogP contribution in [0.25, 0.3) is 10.9 Å². The van der Waals surface area contributed by atoms with Crippen LogP contribution in [0.3, 0.4) is 0 Å². The first-order chi connectivity index (χ1) is 7.50. The van der Waals surface area contributed by atoms with Crippen molar-refractivity contribution in [3.05, 3.63) is 37.8 Å². The van der Waals surface area contributed by atoms with Gasteiger partial charge < -0.3 is 0 Å². The number of aromatic nitrogens is 2. The highest BCUT2D eigenvalue weighted by atomic mass is 79.9. The van der Waals surface area contributed by atoms with Gasteiger partial charge in [0.05, 0.1) is 20.2 Å². The molecule has 1 aromatic carbocycles. The lowest BCUT2D eigenvalue weighted by Gasteiger charge is -1.90. The van der Waals surface area contributed by atoms with E-state index in [0.717, 1.165) is 0 Å². The molecule has 0 fully saturated rings. The van der Waals surface area contributed by atoms with Crippen LogP contribution in [0.5, 0.6) is 0 Å². The molecule has 0 aliphatic heterocycles. The smallest absolute Gasteiger partial charge is 0.270 e. The number of fused-ring (bicyclic) bond motifs is 1. The summed E-state index contributed by atoms with van der Waals surface area (Å²) in [6.07, 6.45) is 0. The molecule has 0 bridgehead atoms. The minimum Gasteiger partial charge on any atom is -0.296 e. The van der Waals surface area contributed by atoms with E-state index in [0.29, 0.717) is 10.2 Å². The van der Waals surface area contributed by atoms with Crippen LogP contribution in [0, 0.1) is 15.0 Å². The van der Waals surface area contributed by atoms with Crippen LogP contribution in [0.4, 0.5) is 5.69 Å². The molecular formula is C7H4BrN4O4+. The Labute approximate surface area is 95.9 Å². The molecule has 0 spiro atoms. The minimum atomic E-state index is -0.558. The third-order valence-corrected chi connectivity index (χ3v) is 2.56. The number of nitro groups is 1. The molecule has 82 valence electrons. The molecule has 16 heavy (non-hydrogen) atoms. The Morgan fingerprint density at radius 2 is 2.12 bits per heavy atom. The number of hydrogen-bond acceptors (Lipinski definition) is 4. The summed E-state index contributed by atoms with van der Waals surface area (Å²) in [6, 6.07) is 3.80. The Morgan fingerprint density at radius 1 is 1.44 bits per heavy atom. The van der Waals surface area contributed by atoms with E-state index in [2.05, 4.69) is 21.0 Å². The zero-order valence-electron chi connectivity index (χ0n) is 7.57. The van der Waals surface area contributed by atoms with Crippen LogP contribution in [-0.2, 0) is 0 Å². The first-order valence-corrected chi connectivity index (χ1v) is 4.79. The molecule has 2 rings (SSSR count). The van der Waals surface area contributed by atoms with Crippen LogP contribution in [0.1, 0.15) is 0 Å². The highest BCUT2D eigenvalue weighted by molar-refractivity contribution is 9.10. The average Bonchev–Trinajstić information content (AvgIpc) is 2.56. The van der Waals surface area contributed by atoms with Crippen LogP contribution >= 0.6 is 15.9 Å². The monoisotopic (exact) mass is 287 g/mol. The Bertz CT molecular complexity index is 608. The Balaban J connectivity index is 2.76. The molecule has 0 saturated heterocycles. The van der Waals surface area contributed by atoms with Gasteiger partial charge in [-0.2, -0.15) is 0 Å². The van der Waals surface area contributed by atoms with Gasteiger partial charge in [-0.15, -0.1) is 0 Å². The summed E-state index contributed by atoms with van der Waals surface area (Å²) in [7, 11) is 0. The molecule has 0 amide bonds. The summed E-state index contributed by atoms with van der Waals surface area (Å²) in [5.74, 6) is 0. The summed E-state index contributed by atoms with van der Waals surface area (Å²) in [5, 5.41) is 22.8. The van der Waals surface area contributed by atoms with E-state index in [9.17, 15) is 15.0 Å². The van der Waals surface area contributed by atoms with Gasteiger partial charge in [-0.3, -0.25) is 15.3 Å². The second-order valence-corrected chi connectivity index (χ2v) is 3.64. The van der Waals surface area contributed by atoms with Crippen molar-refractivity contribution >= 4 is 32.5 Å². The van der Waals surface area contributed by atoms with Gasteiger partial charge in [0.2, 0.25) is 0 Å². The number of nitro benzene ring substituents is 1. The predicted octanol–water partition coefficient (Wildman–Crippen LogP) is 1.64. The normalized spacial score (nSPS) is 10.6. The molecule has 0 atom stereocenters. The van der Waals surface area contributed by atoms with Crippen LogP contribution < -0.4 is 0 Å². The van der Waals surface area contributed by atoms with Crippen molar-refractivity contribution in [3.63, 3.8) is 0 Å². The molecule has 8 nitrogen and oxygen atoms in total. The standard InChI is InChI=1S/C7H4BrN4O4/c8-7-5-3-4(11(13)14)1-2-6(5)10(9-7)12(15)16/h1-3H,(H,15,16)/q+1. The quantitative estimate of drug-likeness (QED) is 0.668. The fourth-order valence-electron chi connectivity index (χ4n) is 1.30. The average molecular weight is 288 g/mol. The molecule has 1 aromatic heterocycles. The highest BCUT2D eigenvalue weighted by Crippen LogP contribution is 2.26. The van der Waals surface area contributed by atoms with Crippen molar-refractivity contribution in [2.24, 2.45) is 0 Å². The third kappa shape index (κ3) is 1.50.